The van der Waals surface area contributed by atoms with Gasteiger partial charge >= 0.3 is 0 Å². The van der Waals surface area contributed by atoms with Crippen molar-refractivity contribution in [3.63, 3.8) is 0 Å². The Hall–Kier alpha value is -3.55. The fourth-order valence-electron chi connectivity index (χ4n) is 4.01. The highest BCUT2D eigenvalue weighted by atomic mass is 32.1. The molecule has 0 fully saturated rings. The second-order valence-corrected chi connectivity index (χ2v) is 9.32. The van der Waals surface area contributed by atoms with Crippen LogP contribution in [0.4, 0.5) is 5.13 Å². The maximum atomic E-state index is 13.7. The van der Waals surface area contributed by atoms with E-state index in [1.54, 1.807) is 41.3 Å². The zero-order valence-electron chi connectivity index (χ0n) is 20.9. The van der Waals surface area contributed by atoms with E-state index in [0.29, 0.717) is 35.0 Å². The molecule has 7 heteroatoms. The number of rotatable bonds is 11. The number of hydrogen-bond acceptors (Lipinski definition) is 6. The summed E-state index contributed by atoms with van der Waals surface area (Å²) in [4.78, 5) is 35.3. The molecule has 0 spiro atoms. The van der Waals surface area contributed by atoms with Crippen molar-refractivity contribution in [2.75, 3.05) is 37.7 Å². The predicted molar refractivity (Wildman–Crippen MR) is 147 cm³/mol. The van der Waals surface area contributed by atoms with Crippen LogP contribution < -0.4 is 9.64 Å². The van der Waals surface area contributed by atoms with Crippen LogP contribution in [0.1, 0.15) is 47.1 Å². The molecule has 0 unspecified atom stereocenters. The monoisotopic (exact) mass is 501 g/mol. The zero-order valence-corrected chi connectivity index (χ0v) is 21.8. The summed E-state index contributed by atoms with van der Waals surface area (Å²) < 4.78 is 6.61. The van der Waals surface area contributed by atoms with Gasteiger partial charge in [0.25, 0.3) is 5.91 Å². The molecule has 0 aliphatic rings. The Labute approximate surface area is 216 Å². The largest absolute Gasteiger partial charge is 0.494 e. The molecule has 3 aromatic carbocycles. The molecule has 0 aliphatic heterocycles. The van der Waals surface area contributed by atoms with Crippen molar-refractivity contribution in [2.24, 2.45) is 0 Å². The van der Waals surface area contributed by atoms with Gasteiger partial charge < -0.3 is 9.64 Å². The van der Waals surface area contributed by atoms with Crippen LogP contribution in [-0.4, -0.2) is 54.4 Å². The standard InChI is InChI=1S/C29H31N3O3S/c1-4-31(5-2)18-19-32(29-30-25-17-16-24(35-6-3)20-26(25)36-29)28(34)23-14-12-22(13-15-23)27(33)21-10-8-7-9-11-21/h7-17,20H,4-6,18-19H2,1-3H3. The van der Waals surface area contributed by atoms with Crippen LogP contribution >= 0.6 is 11.3 Å². The third-order valence-corrected chi connectivity index (χ3v) is 7.14. The van der Waals surface area contributed by atoms with E-state index in [1.165, 1.54) is 11.3 Å². The summed E-state index contributed by atoms with van der Waals surface area (Å²) in [6, 6.07) is 21.8. The number of aromatic nitrogens is 1. The number of thiazole rings is 1. The van der Waals surface area contributed by atoms with Gasteiger partial charge in [-0.05, 0) is 50.3 Å². The maximum Gasteiger partial charge on any atom is 0.260 e. The number of carbonyl (C=O) groups is 2. The Morgan fingerprint density at radius 1 is 0.833 bits per heavy atom. The van der Waals surface area contributed by atoms with E-state index >= 15 is 0 Å². The fraction of sp³-hybridized carbons (Fsp3) is 0.276. The van der Waals surface area contributed by atoms with Gasteiger partial charge in [0.2, 0.25) is 0 Å². The van der Waals surface area contributed by atoms with Gasteiger partial charge in [-0.1, -0.05) is 67.6 Å². The first-order valence-corrected chi connectivity index (χ1v) is 13.1. The first-order valence-electron chi connectivity index (χ1n) is 12.3. The first kappa shape index (κ1) is 25.5. The lowest BCUT2D eigenvalue weighted by Gasteiger charge is -2.24. The second kappa shape index (κ2) is 11.9. The first-order chi connectivity index (χ1) is 17.5. The van der Waals surface area contributed by atoms with Gasteiger partial charge in [0.15, 0.2) is 10.9 Å². The van der Waals surface area contributed by atoms with Crippen molar-refractivity contribution in [2.45, 2.75) is 20.8 Å². The molecule has 1 amide bonds. The van der Waals surface area contributed by atoms with Crippen LogP contribution in [0.15, 0.2) is 72.8 Å². The molecule has 4 rings (SSSR count). The predicted octanol–water partition coefficient (Wildman–Crippen LogP) is 5.91. The number of anilines is 1. The van der Waals surface area contributed by atoms with Gasteiger partial charge in [0.1, 0.15) is 5.75 Å². The van der Waals surface area contributed by atoms with Crippen LogP contribution in [0.25, 0.3) is 10.2 Å². The summed E-state index contributed by atoms with van der Waals surface area (Å²) in [5, 5.41) is 0.653. The third-order valence-electron chi connectivity index (χ3n) is 6.10. The minimum atomic E-state index is -0.134. The average Bonchev–Trinajstić information content (AvgIpc) is 3.34. The van der Waals surface area contributed by atoms with Gasteiger partial charge in [0, 0.05) is 29.8 Å². The molecule has 0 radical (unpaired) electrons. The van der Waals surface area contributed by atoms with Crippen LogP contribution in [-0.2, 0) is 0 Å². The highest BCUT2D eigenvalue weighted by Crippen LogP contribution is 2.32. The van der Waals surface area contributed by atoms with Crippen molar-refractivity contribution in [1.29, 1.82) is 0 Å². The lowest BCUT2D eigenvalue weighted by atomic mass is 10.0. The summed E-state index contributed by atoms with van der Waals surface area (Å²) in [7, 11) is 0. The lowest BCUT2D eigenvalue weighted by molar-refractivity contribution is 0.0981. The van der Waals surface area contributed by atoms with E-state index < -0.39 is 0 Å². The molecule has 186 valence electrons. The minimum absolute atomic E-state index is 0.0655. The van der Waals surface area contributed by atoms with E-state index in [2.05, 4.69) is 18.7 Å². The Morgan fingerprint density at radius 3 is 2.17 bits per heavy atom. The molecule has 1 heterocycles. The highest BCUT2D eigenvalue weighted by Gasteiger charge is 2.22. The van der Waals surface area contributed by atoms with Crippen LogP contribution in [0.3, 0.4) is 0 Å². The van der Waals surface area contributed by atoms with E-state index in [-0.39, 0.29) is 11.7 Å². The van der Waals surface area contributed by atoms with Crippen molar-refractivity contribution < 1.29 is 14.3 Å². The van der Waals surface area contributed by atoms with Gasteiger partial charge in [0.05, 0.1) is 16.8 Å². The second-order valence-electron chi connectivity index (χ2n) is 8.32. The Morgan fingerprint density at radius 2 is 1.50 bits per heavy atom. The molecular weight excluding hydrogens is 470 g/mol. The average molecular weight is 502 g/mol. The number of benzene rings is 3. The smallest absolute Gasteiger partial charge is 0.260 e. The van der Waals surface area contributed by atoms with Gasteiger partial charge in [-0.15, -0.1) is 0 Å². The van der Waals surface area contributed by atoms with E-state index in [9.17, 15) is 9.59 Å². The summed E-state index contributed by atoms with van der Waals surface area (Å²) in [6.45, 7) is 9.85. The van der Waals surface area contributed by atoms with E-state index in [1.807, 2.05) is 43.3 Å². The maximum absolute atomic E-state index is 13.7. The van der Waals surface area contributed by atoms with Gasteiger partial charge in [-0.2, -0.15) is 0 Å². The Kier molecular flexibility index (Phi) is 8.46. The molecule has 6 nitrogen and oxygen atoms in total. The molecule has 1 aromatic heterocycles. The lowest BCUT2D eigenvalue weighted by Crippen LogP contribution is -2.38. The normalized spacial score (nSPS) is 11.1. The number of nitrogens with zero attached hydrogens (tertiary/aromatic N) is 3. The van der Waals surface area contributed by atoms with Crippen LogP contribution in [0, 0.1) is 0 Å². The number of fused-ring (bicyclic) bond motifs is 1. The molecule has 0 atom stereocenters. The quantitative estimate of drug-likeness (QED) is 0.239. The minimum Gasteiger partial charge on any atom is -0.494 e. The summed E-state index contributed by atoms with van der Waals surface area (Å²) in [6.07, 6.45) is 0. The number of likely N-dealkylation sites (N-methyl/N-ethyl adjacent to an activating group) is 1. The van der Waals surface area contributed by atoms with E-state index in [4.69, 9.17) is 9.72 Å². The molecule has 0 N–H and O–H groups in total. The van der Waals surface area contributed by atoms with Crippen molar-refractivity contribution in [1.82, 2.24) is 9.88 Å². The summed E-state index contributed by atoms with van der Waals surface area (Å²) in [5.74, 6) is 0.592. The topological polar surface area (TPSA) is 62.7 Å². The number of hydrogen-bond donors (Lipinski definition) is 0. The molecule has 0 saturated heterocycles. The summed E-state index contributed by atoms with van der Waals surface area (Å²) in [5.41, 5.74) is 2.53. The Balaban J connectivity index is 1.62. The van der Waals surface area contributed by atoms with Crippen molar-refractivity contribution in [3.05, 3.63) is 89.5 Å². The number of amides is 1. The van der Waals surface area contributed by atoms with Crippen LogP contribution in [0.2, 0.25) is 0 Å². The van der Waals surface area contributed by atoms with Gasteiger partial charge in [-0.25, -0.2) is 4.98 Å². The molecular formula is C29H31N3O3S. The zero-order chi connectivity index (χ0) is 25.5. The van der Waals surface area contributed by atoms with Crippen LogP contribution in [0.5, 0.6) is 5.75 Å². The molecule has 0 aliphatic carbocycles. The summed E-state index contributed by atoms with van der Waals surface area (Å²) >= 11 is 1.48. The number of carbonyl (C=O) groups excluding carboxylic acids is 2. The molecule has 36 heavy (non-hydrogen) atoms. The van der Waals surface area contributed by atoms with Crippen molar-refractivity contribution in [3.8, 4) is 5.75 Å². The van der Waals surface area contributed by atoms with Crippen molar-refractivity contribution >= 4 is 38.4 Å². The molecule has 4 aromatic rings. The third kappa shape index (κ3) is 5.80. The van der Waals surface area contributed by atoms with E-state index in [0.717, 1.165) is 35.6 Å². The number of ether oxygens (including phenoxy) is 1. The Bertz CT molecular complexity index is 1310. The highest BCUT2D eigenvalue weighted by molar-refractivity contribution is 7.22. The fourth-order valence-corrected chi connectivity index (χ4v) is 5.02. The molecule has 0 bridgehead atoms. The SMILES string of the molecule is CCOc1ccc2nc(N(CCN(CC)CC)C(=O)c3ccc(C(=O)c4ccccc4)cc3)sc2c1. The molecule has 0 saturated carbocycles. The van der Waals surface area contributed by atoms with Gasteiger partial charge in [-0.3, -0.25) is 14.5 Å². The number of ketones is 1.